The molecule has 2 aromatic heterocycles. The Labute approximate surface area is 115 Å². The molecule has 0 radical (unpaired) electrons. The van der Waals surface area contributed by atoms with E-state index in [0.29, 0.717) is 5.82 Å². The van der Waals surface area contributed by atoms with E-state index in [4.69, 9.17) is 4.42 Å². The average molecular weight is 267 g/mol. The molecular weight excluding hydrogens is 254 g/mol. The largest absolute Gasteiger partial charge is 0.459 e. The summed E-state index contributed by atoms with van der Waals surface area (Å²) >= 11 is 0. The van der Waals surface area contributed by atoms with Gasteiger partial charge in [0.15, 0.2) is 5.76 Å². The van der Waals surface area contributed by atoms with E-state index in [1.54, 1.807) is 12.3 Å². The van der Waals surface area contributed by atoms with E-state index in [1.165, 1.54) is 6.26 Å². The monoisotopic (exact) mass is 267 g/mol. The molecule has 0 saturated heterocycles. The van der Waals surface area contributed by atoms with Gasteiger partial charge in [-0.3, -0.25) is 9.89 Å². The second-order valence-corrected chi connectivity index (χ2v) is 4.41. The SMILES string of the molecule is Cc1cn[nH]c1NC(=O)c1occc1-c1ccccc1. The summed E-state index contributed by atoms with van der Waals surface area (Å²) in [6.07, 6.45) is 3.16. The van der Waals surface area contributed by atoms with E-state index in [-0.39, 0.29) is 11.7 Å². The Hall–Kier alpha value is -2.82. The quantitative estimate of drug-likeness (QED) is 0.765. The number of nitrogens with zero attached hydrogens (tertiary/aromatic N) is 1. The maximum Gasteiger partial charge on any atom is 0.293 e. The van der Waals surface area contributed by atoms with E-state index >= 15 is 0 Å². The summed E-state index contributed by atoms with van der Waals surface area (Å²) in [5.41, 5.74) is 2.57. The van der Waals surface area contributed by atoms with E-state index < -0.39 is 0 Å². The molecule has 1 aromatic carbocycles. The fourth-order valence-electron chi connectivity index (χ4n) is 1.97. The number of benzene rings is 1. The third kappa shape index (κ3) is 2.21. The maximum atomic E-state index is 12.3. The molecule has 3 rings (SSSR count). The fourth-order valence-corrected chi connectivity index (χ4v) is 1.97. The summed E-state index contributed by atoms with van der Waals surface area (Å²) in [6, 6.07) is 11.4. The number of H-pyrrole nitrogens is 1. The minimum Gasteiger partial charge on any atom is -0.459 e. The molecule has 0 fully saturated rings. The van der Waals surface area contributed by atoms with Gasteiger partial charge in [-0.15, -0.1) is 0 Å². The van der Waals surface area contributed by atoms with Crippen molar-refractivity contribution in [3.8, 4) is 11.1 Å². The fraction of sp³-hybridized carbons (Fsp3) is 0.0667. The zero-order valence-corrected chi connectivity index (χ0v) is 10.9. The number of hydrogen-bond donors (Lipinski definition) is 2. The molecule has 0 spiro atoms. The van der Waals surface area contributed by atoms with Crippen molar-refractivity contribution in [2.24, 2.45) is 0 Å². The first-order valence-corrected chi connectivity index (χ1v) is 6.20. The number of anilines is 1. The van der Waals surface area contributed by atoms with Gasteiger partial charge in [-0.05, 0) is 18.6 Å². The molecule has 20 heavy (non-hydrogen) atoms. The first kappa shape index (κ1) is 12.2. The number of nitrogens with one attached hydrogen (secondary N) is 2. The second kappa shape index (κ2) is 5.05. The van der Waals surface area contributed by atoms with E-state index in [9.17, 15) is 4.79 Å². The van der Waals surface area contributed by atoms with Crippen molar-refractivity contribution in [1.82, 2.24) is 10.2 Å². The number of carbonyl (C=O) groups is 1. The number of furan rings is 1. The minimum absolute atomic E-state index is 0.283. The Morgan fingerprint density at radius 2 is 2.05 bits per heavy atom. The molecule has 0 aliphatic rings. The van der Waals surface area contributed by atoms with Crippen LogP contribution in [0, 0.1) is 6.92 Å². The third-order valence-electron chi connectivity index (χ3n) is 3.02. The van der Waals surface area contributed by atoms with E-state index in [1.807, 2.05) is 37.3 Å². The van der Waals surface area contributed by atoms with Gasteiger partial charge in [0, 0.05) is 11.1 Å². The van der Waals surface area contributed by atoms with Crippen molar-refractivity contribution in [1.29, 1.82) is 0 Å². The molecule has 2 N–H and O–H groups in total. The van der Waals surface area contributed by atoms with Gasteiger partial charge in [-0.1, -0.05) is 30.3 Å². The maximum absolute atomic E-state index is 12.3. The predicted molar refractivity (Wildman–Crippen MR) is 75.4 cm³/mol. The molecule has 0 saturated carbocycles. The van der Waals surface area contributed by atoms with Crippen LogP contribution in [0.1, 0.15) is 16.1 Å². The normalized spacial score (nSPS) is 10.4. The van der Waals surface area contributed by atoms with Crippen LogP contribution in [0.25, 0.3) is 11.1 Å². The zero-order chi connectivity index (χ0) is 13.9. The smallest absolute Gasteiger partial charge is 0.293 e. The highest BCUT2D eigenvalue weighted by atomic mass is 16.3. The number of rotatable bonds is 3. The predicted octanol–water partition coefficient (Wildman–Crippen LogP) is 3.23. The van der Waals surface area contributed by atoms with Crippen molar-refractivity contribution < 1.29 is 9.21 Å². The zero-order valence-electron chi connectivity index (χ0n) is 10.9. The van der Waals surface area contributed by atoms with Crippen molar-refractivity contribution in [3.05, 3.63) is 60.2 Å². The number of aromatic amines is 1. The summed E-state index contributed by atoms with van der Waals surface area (Å²) in [5, 5.41) is 9.35. The van der Waals surface area contributed by atoms with Crippen LogP contribution in [-0.4, -0.2) is 16.1 Å². The Kier molecular flexibility index (Phi) is 3.09. The minimum atomic E-state index is -0.304. The van der Waals surface area contributed by atoms with Crippen LogP contribution in [0.2, 0.25) is 0 Å². The lowest BCUT2D eigenvalue weighted by Gasteiger charge is -2.04. The Bertz CT molecular complexity index is 728. The van der Waals surface area contributed by atoms with Crippen molar-refractivity contribution in [2.75, 3.05) is 5.32 Å². The van der Waals surface area contributed by atoms with Crippen molar-refractivity contribution in [3.63, 3.8) is 0 Å². The van der Waals surface area contributed by atoms with E-state index in [2.05, 4.69) is 15.5 Å². The highest BCUT2D eigenvalue weighted by molar-refractivity contribution is 6.06. The van der Waals surface area contributed by atoms with Crippen LogP contribution in [0.15, 0.2) is 53.3 Å². The summed E-state index contributed by atoms with van der Waals surface area (Å²) in [4.78, 5) is 12.3. The molecule has 5 heteroatoms. The molecular formula is C15H13N3O2. The molecule has 100 valence electrons. The van der Waals surface area contributed by atoms with Crippen LogP contribution in [0.4, 0.5) is 5.82 Å². The summed E-state index contributed by atoms with van der Waals surface area (Å²) < 4.78 is 5.32. The van der Waals surface area contributed by atoms with Gasteiger partial charge in [0.25, 0.3) is 5.91 Å². The van der Waals surface area contributed by atoms with Gasteiger partial charge in [-0.25, -0.2) is 0 Å². The molecule has 0 aliphatic heterocycles. The van der Waals surface area contributed by atoms with Gasteiger partial charge in [0.2, 0.25) is 0 Å². The number of aromatic nitrogens is 2. The summed E-state index contributed by atoms with van der Waals surface area (Å²) in [5.74, 6) is 0.553. The number of carbonyl (C=O) groups excluding carboxylic acids is 1. The Morgan fingerprint density at radius 3 is 2.75 bits per heavy atom. The lowest BCUT2D eigenvalue weighted by atomic mass is 10.1. The molecule has 1 amide bonds. The third-order valence-corrected chi connectivity index (χ3v) is 3.02. The van der Waals surface area contributed by atoms with Crippen LogP contribution < -0.4 is 5.32 Å². The Morgan fingerprint density at radius 1 is 1.25 bits per heavy atom. The summed E-state index contributed by atoms with van der Waals surface area (Å²) in [6.45, 7) is 1.86. The van der Waals surface area contributed by atoms with Crippen LogP contribution >= 0.6 is 0 Å². The van der Waals surface area contributed by atoms with Gasteiger partial charge in [0.1, 0.15) is 5.82 Å². The van der Waals surface area contributed by atoms with Gasteiger partial charge in [0.05, 0.1) is 12.5 Å². The average Bonchev–Trinajstić information content (AvgIpc) is 3.09. The van der Waals surface area contributed by atoms with Crippen LogP contribution in [0.5, 0.6) is 0 Å². The molecule has 0 aliphatic carbocycles. The first-order chi connectivity index (χ1) is 9.75. The van der Waals surface area contributed by atoms with Gasteiger partial charge < -0.3 is 9.73 Å². The molecule has 0 atom stereocenters. The lowest BCUT2D eigenvalue weighted by molar-refractivity contribution is 0.0997. The second-order valence-electron chi connectivity index (χ2n) is 4.41. The Balaban J connectivity index is 1.90. The van der Waals surface area contributed by atoms with Crippen LogP contribution in [-0.2, 0) is 0 Å². The van der Waals surface area contributed by atoms with Gasteiger partial charge >= 0.3 is 0 Å². The number of hydrogen-bond acceptors (Lipinski definition) is 3. The molecule has 0 unspecified atom stereocenters. The topological polar surface area (TPSA) is 70.9 Å². The molecule has 0 bridgehead atoms. The molecule has 3 aromatic rings. The lowest BCUT2D eigenvalue weighted by Crippen LogP contribution is -2.13. The first-order valence-electron chi connectivity index (χ1n) is 6.20. The number of amides is 1. The van der Waals surface area contributed by atoms with Crippen molar-refractivity contribution in [2.45, 2.75) is 6.92 Å². The molecule has 2 heterocycles. The highest BCUT2D eigenvalue weighted by Crippen LogP contribution is 2.25. The van der Waals surface area contributed by atoms with Crippen LogP contribution in [0.3, 0.4) is 0 Å². The standard InChI is InChI=1S/C15H13N3O2/c1-10-9-16-18-14(10)17-15(19)13-12(7-8-20-13)11-5-3-2-4-6-11/h2-9H,1H3,(H2,16,17,18,19). The van der Waals surface area contributed by atoms with Gasteiger partial charge in [-0.2, -0.15) is 5.10 Å². The highest BCUT2D eigenvalue weighted by Gasteiger charge is 2.17. The van der Waals surface area contributed by atoms with Crippen molar-refractivity contribution >= 4 is 11.7 Å². The number of aryl methyl sites for hydroxylation is 1. The summed E-state index contributed by atoms with van der Waals surface area (Å²) in [7, 11) is 0. The van der Waals surface area contributed by atoms with E-state index in [0.717, 1.165) is 16.7 Å². The molecule has 5 nitrogen and oxygen atoms in total.